The molecule has 6 nitrogen and oxygen atoms in total. The molecule has 0 spiro atoms. The molecule has 0 N–H and O–H groups in total. The highest BCUT2D eigenvalue weighted by molar-refractivity contribution is 7.13. The van der Waals surface area contributed by atoms with Gasteiger partial charge in [-0.25, -0.2) is 4.98 Å². The first-order valence-electron chi connectivity index (χ1n) is 10.3. The van der Waals surface area contributed by atoms with E-state index in [1.807, 2.05) is 17.0 Å². The number of piperazine rings is 1. The minimum Gasteiger partial charge on any atom is -0.345 e. The molecule has 0 aromatic carbocycles. The predicted molar refractivity (Wildman–Crippen MR) is 113 cm³/mol. The zero-order valence-electron chi connectivity index (χ0n) is 16.6. The van der Waals surface area contributed by atoms with Crippen LogP contribution in [0.4, 0.5) is 5.13 Å². The quantitative estimate of drug-likeness (QED) is 0.774. The third-order valence-electron chi connectivity index (χ3n) is 5.78. The molecule has 150 valence electrons. The molecule has 7 heteroatoms. The minimum absolute atomic E-state index is 0.187. The maximum absolute atomic E-state index is 12.5. The fourth-order valence-corrected chi connectivity index (χ4v) is 4.77. The summed E-state index contributed by atoms with van der Waals surface area (Å²) in [6.45, 7) is 8.92. The van der Waals surface area contributed by atoms with Gasteiger partial charge in [-0.1, -0.05) is 13.0 Å². The summed E-state index contributed by atoms with van der Waals surface area (Å²) in [5.41, 5.74) is 2.16. The molecule has 28 heavy (non-hydrogen) atoms. The number of carbonyl (C=O) groups is 1. The Labute approximate surface area is 171 Å². The lowest BCUT2D eigenvalue weighted by Gasteiger charge is -2.34. The van der Waals surface area contributed by atoms with Crippen LogP contribution in [0.5, 0.6) is 0 Å². The molecule has 2 saturated heterocycles. The Hall–Kier alpha value is -1.99. The molecular weight excluding hydrogens is 370 g/mol. The third kappa shape index (κ3) is 4.89. The highest BCUT2D eigenvalue weighted by atomic mass is 32.1. The molecule has 2 aromatic heterocycles. The molecule has 2 aliphatic rings. The summed E-state index contributed by atoms with van der Waals surface area (Å²) in [4.78, 5) is 28.3. The van der Waals surface area contributed by atoms with Gasteiger partial charge in [-0.2, -0.15) is 0 Å². The molecule has 0 aliphatic carbocycles. The van der Waals surface area contributed by atoms with Crippen molar-refractivity contribution in [2.45, 2.75) is 32.7 Å². The monoisotopic (exact) mass is 399 g/mol. The predicted octanol–water partition coefficient (Wildman–Crippen LogP) is 2.66. The van der Waals surface area contributed by atoms with Gasteiger partial charge in [0, 0.05) is 50.5 Å². The van der Waals surface area contributed by atoms with Crippen LogP contribution in [0.3, 0.4) is 0 Å². The maximum Gasteiger partial charge on any atom is 0.227 e. The lowest BCUT2D eigenvalue weighted by Crippen LogP contribution is -2.49. The number of amides is 1. The van der Waals surface area contributed by atoms with Crippen molar-refractivity contribution in [2.24, 2.45) is 5.92 Å². The van der Waals surface area contributed by atoms with E-state index in [4.69, 9.17) is 4.98 Å². The summed E-state index contributed by atoms with van der Waals surface area (Å²) in [6.07, 6.45) is 6.54. The van der Waals surface area contributed by atoms with Gasteiger partial charge < -0.3 is 9.80 Å². The van der Waals surface area contributed by atoms with Gasteiger partial charge in [0.15, 0.2) is 5.13 Å². The highest BCUT2D eigenvalue weighted by Gasteiger charge is 2.23. The van der Waals surface area contributed by atoms with E-state index in [9.17, 15) is 4.79 Å². The van der Waals surface area contributed by atoms with Crippen molar-refractivity contribution >= 4 is 22.4 Å². The van der Waals surface area contributed by atoms with Gasteiger partial charge in [-0.15, -0.1) is 11.3 Å². The Kier molecular flexibility index (Phi) is 6.22. The number of hydrogen-bond acceptors (Lipinski definition) is 6. The van der Waals surface area contributed by atoms with E-state index >= 15 is 0 Å². The summed E-state index contributed by atoms with van der Waals surface area (Å²) >= 11 is 1.73. The first-order chi connectivity index (χ1) is 13.7. The number of aromatic nitrogens is 2. The van der Waals surface area contributed by atoms with Crippen molar-refractivity contribution in [1.29, 1.82) is 0 Å². The molecule has 0 saturated carbocycles. The number of nitrogens with zero attached hydrogens (tertiary/aromatic N) is 5. The van der Waals surface area contributed by atoms with Crippen LogP contribution in [0.1, 0.15) is 31.0 Å². The summed E-state index contributed by atoms with van der Waals surface area (Å²) in [6, 6.07) is 3.84. The molecule has 0 bridgehead atoms. The molecule has 1 amide bonds. The number of piperidine rings is 1. The van der Waals surface area contributed by atoms with Crippen LogP contribution >= 0.6 is 11.3 Å². The van der Waals surface area contributed by atoms with E-state index in [0.717, 1.165) is 49.3 Å². The second-order valence-corrected chi connectivity index (χ2v) is 8.82. The Morgan fingerprint density at radius 2 is 1.96 bits per heavy atom. The summed E-state index contributed by atoms with van der Waals surface area (Å²) in [7, 11) is 0. The zero-order valence-corrected chi connectivity index (χ0v) is 17.4. The maximum atomic E-state index is 12.5. The number of thiazole rings is 1. The van der Waals surface area contributed by atoms with Crippen LogP contribution in [0, 0.1) is 5.92 Å². The first-order valence-corrected chi connectivity index (χ1v) is 11.1. The van der Waals surface area contributed by atoms with E-state index in [1.165, 1.54) is 31.6 Å². The van der Waals surface area contributed by atoms with Crippen molar-refractivity contribution in [1.82, 2.24) is 19.8 Å². The van der Waals surface area contributed by atoms with E-state index in [-0.39, 0.29) is 5.91 Å². The average Bonchev–Trinajstić information content (AvgIpc) is 3.19. The number of rotatable bonds is 5. The average molecular weight is 400 g/mol. The number of hydrogen-bond donors (Lipinski definition) is 0. The van der Waals surface area contributed by atoms with Crippen LogP contribution in [0.2, 0.25) is 0 Å². The second kappa shape index (κ2) is 9.01. The molecule has 4 rings (SSSR count). The highest BCUT2D eigenvalue weighted by Crippen LogP contribution is 2.24. The Morgan fingerprint density at radius 3 is 2.68 bits per heavy atom. The third-order valence-corrected chi connectivity index (χ3v) is 6.73. The van der Waals surface area contributed by atoms with Crippen LogP contribution in [-0.4, -0.2) is 64.9 Å². The molecule has 2 aromatic rings. The first kappa shape index (κ1) is 19.3. The molecule has 4 heterocycles. The van der Waals surface area contributed by atoms with Gasteiger partial charge in [-0.3, -0.25) is 14.7 Å². The number of likely N-dealkylation sites (tertiary alicyclic amines) is 1. The lowest BCUT2D eigenvalue weighted by atomic mass is 9.99. The largest absolute Gasteiger partial charge is 0.345 e. The number of pyridine rings is 1. The van der Waals surface area contributed by atoms with Crippen molar-refractivity contribution in [3.8, 4) is 0 Å². The second-order valence-electron chi connectivity index (χ2n) is 7.99. The van der Waals surface area contributed by atoms with Crippen LogP contribution < -0.4 is 4.90 Å². The van der Waals surface area contributed by atoms with Crippen LogP contribution in [0.25, 0.3) is 0 Å². The van der Waals surface area contributed by atoms with E-state index in [1.54, 1.807) is 23.7 Å². The van der Waals surface area contributed by atoms with Crippen molar-refractivity contribution in [3.05, 3.63) is 41.2 Å². The van der Waals surface area contributed by atoms with Crippen molar-refractivity contribution < 1.29 is 4.79 Å². The molecule has 0 radical (unpaired) electrons. The SMILES string of the molecule is CC1CCN(Cc2csc(N3CCN(C(=O)Cc4cccnc4)CC3)n2)CC1. The summed E-state index contributed by atoms with van der Waals surface area (Å²) in [5.74, 6) is 1.05. The fraction of sp³-hybridized carbons (Fsp3) is 0.571. The van der Waals surface area contributed by atoms with E-state index in [0.29, 0.717) is 6.42 Å². The van der Waals surface area contributed by atoms with Gasteiger partial charge >= 0.3 is 0 Å². The van der Waals surface area contributed by atoms with Crippen molar-refractivity contribution in [2.75, 3.05) is 44.2 Å². The van der Waals surface area contributed by atoms with Crippen LogP contribution in [-0.2, 0) is 17.8 Å². The normalized spacial score (nSPS) is 19.2. The fourth-order valence-electron chi connectivity index (χ4n) is 3.90. The van der Waals surface area contributed by atoms with E-state index < -0.39 is 0 Å². The van der Waals surface area contributed by atoms with E-state index in [2.05, 4.69) is 27.1 Å². The van der Waals surface area contributed by atoms with Crippen LogP contribution in [0.15, 0.2) is 29.9 Å². The Balaban J connectivity index is 1.26. The van der Waals surface area contributed by atoms with Crippen molar-refractivity contribution in [3.63, 3.8) is 0 Å². The summed E-state index contributed by atoms with van der Waals surface area (Å²) in [5, 5.41) is 3.30. The Bertz CT molecular complexity index is 764. The molecular formula is C21H29N5OS. The molecule has 2 aliphatic heterocycles. The number of carbonyl (C=O) groups excluding carboxylic acids is 1. The minimum atomic E-state index is 0.187. The lowest BCUT2D eigenvalue weighted by molar-refractivity contribution is -0.130. The molecule has 0 atom stereocenters. The smallest absolute Gasteiger partial charge is 0.227 e. The summed E-state index contributed by atoms with van der Waals surface area (Å²) < 4.78 is 0. The molecule has 0 unspecified atom stereocenters. The number of anilines is 1. The van der Waals surface area contributed by atoms with Gasteiger partial charge in [0.2, 0.25) is 5.91 Å². The topological polar surface area (TPSA) is 52.6 Å². The van der Waals surface area contributed by atoms with Gasteiger partial charge in [0.25, 0.3) is 0 Å². The molecule has 2 fully saturated rings. The van der Waals surface area contributed by atoms with Gasteiger partial charge in [0.1, 0.15) is 0 Å². The Morgan fingerprint density at radius 1 is 1.18 bits per heavy atom. The van der Waals surface area contributed by atoms with Gasteiger partial charge in [-0.05, 0) is 43.5 Å². The standard InChI is InChI=1S/C21H29N5OS/c1-17-4-7-24(8-5-17)15-19-16-28-21(23-19)26-11-9-25(10-12-26)20(27)13-18-3-2-6-22-14-18/h2-3,6,14,16-17H,4-5,7-13,15H2,1H3. The zero-order chi connectivity index (χ0) is 19.3. The van der Waals surface area contributed by atoms with Gasteiger partial charge in [0.05, 0.1) is 12.1 Å².